The molecule has 1 amide bonds. The molecule has 1 aliphatic heterocycles. The number of hydrogen-bond donors (Lipinski definition) is 1. The molecule has 1 N–H and O–H groups in total. The summed E-state index contributed by atoms with van der Waals surface area (Å²) in [7, 11) is 1.87. The van der Waals surface area contributed by atoms with Gasteiger partial charge >= 0.3 is 6.36 Å². The van der Waals surface area contributed by atoms with E-state index in [1.165, 1.54) is 18.2 Å². The van der Waals surface area contributed by atoms with Gasteiger partial charge in [0, 0.05) is 43.9 Å². The lowest BCUT2D eigenvalue weighted by Crippen LogP contribution is -2.34. The molecule has 0 bridgehead atoms. The van der Waals surface area contributed by atoms with Crippen LogP contribution in [0.3, 0.4) is 0 Å². The summed E-state index contributed by atoms with van der Waals surface area (Å²) in [5, 5.41) is 7.83. The number of ether oxygens (including phenoxy) is 1. The number of allylic oxidation sites excluding steroid dienone is 4. The van der Waals surface area contributed by atoms with Crippen molar-refractivity contribution in [3.63, 3.8) is 0 Å². The molecular formula is C23H25F3N4O2. The summed E-state index contributed by atoms with van der Waals surface area (Å²) < 4.78 is 43.1. The van der Waals surface area contributed by atoms with E-state index in [2.05, 4.69) is 21.7 Å². The number of halogens is 3. The molecule has 0 unspecified atom stereocenters. The van der Waals surface area contributed by atoms with Gasteiger partial charge in [0.05, 0.1) is 6.54 Å². The standard InChI is InChI=1S/C23H25F3N4O2/c1-4-7-18(10-5-8-17-9-6-11-19(14-17)32-23(24,25)26)27-22-20-15-30(16(2)31)13-12-21(20)29(3)28-22/h4-7,9-11,14H,1,8,12-13,15H2,2-3H3,(H,27,28)/b10-5-,18-7+. The highest BCUT2D eigenvalue weighted by atomic mass is 19.4. The largest absolute Gasteiger partial charge is 0.573 e. The fraction of sp³-hybridized carbons (Fsp3) is 0.304. The molecule has 0 spiro atoms. The first-order chi connectivity index (χ1) is 15.2. The molecule has 0 radical (unpaired) electrons. The lowest BCUT2D eigenvalue weighted by molar-refractivity contribution is -0.274. The number of carbonyl (C=O) groups excluding carboxylic acids is 1. The molecule has 9 heteroatoms. The third kappa shape index (κ3) is 6.03. The first-order valence-corrected chi connectivity index (χ1v) is 10.1. The van der Waals surface area contributed by atoms with Crippen LogP contribution in [0.15, 0.2) is 60.8 Å². The monoisotopic (exact) mass is 446 g/mol. The molecule has 0 aliphatic carbocycles. The third-order valence-electron chi connectivity index (χ3n) is 5.03. The van der Waals surface area contributed by atoms with Gasteiger partial charge in [-0.15, -0.1) is 13.2 Å². The summed E-state index contributed by atoms with van der Waals surface area (Å²) in [4.78, 5) is 13.6. The number of anilines is 1. The van der Waals surface area contributed by atoms with E-state index in [-0.39, 0.29) is 11.7 Å². The molecule has 1 aromatic heterocycles. The van der Waals surface area contributed by atoms with Crippen LogP contribution in [0.4, 0.5) is 19.0 Å². The number of nitrogens with one attached hydrogen (secondary N) is 1. The van der Waals surface area contributed by atoms with Gasteiger partial charge in [0.2, 0.25) is 5.91 Å². The number of aromatic nitrogens is 2. The average Bonchev–Trinajstić information content (AvgIpc) is 3.02. The van der Waals surface area contributed by atoms with Crippen LogP contribution in [0.1, 0.15) is 23.7 Å². The van der Waals surface area contributed by atoms with Gasteiger partial charge in [-0.3, -0.25) is 9.48 Å². The van der Waals surface area contributed by atoms with Gasteiger partial charge in [0.25, 0.3) is 0 Å². The predicted molar refractivity (Wildman–Crippen MR) is 116 cm³/mol. The second kappa shape index (κ2) is 9.76. The average molecular weight is 446 g/mol. The van der Waals surface area contributed by atoms with Gasteiger partial charge in [-0.25, -0.2) is 0 Å². The number of rotatable bonds is 7. The number of aryl methyl sites for hydroxylation is 1. The Kier molecular flexibility index (Phi) is 7.07. The number of nitrogens with zero attached hydrogens (tertiary/aromatic N) is 3. The molecule has 1 aromatic carbocycles. The van der Waals surface area contributed by atoms with Crippen LogP contribution in [0.25, 0.3) is 0 Å². The van der Waals surface area contributed by atoms with E-state index in [4.69, 9.17) is 0 Å². The number of hydrogen-bond acceptors (Lipinski definition) is 4. The van der Waals surface area contributed by atoms with E-state index in [0.29, 0.717) is 36.6 Å². The van der Waals surface area contributed by atoms with Gasteiger partial charge in [-0.05, 0) is 36.3 Å². The third-order valence-corrected chi connectivity index (χ3v) is 5.03. The molecule has 2 heterocycles. The van der Waals surface area contributed by atoms with Crippen molar-refractivity contribution in [1.29, 1.82) is 0 Å². The predicted octanol–water partition coefficient (Wildman–Crippen LogP) is 4.50. The van der Waals surface area contributed by atoms with E-state index in [1.54, 1.807) is 30.0 Å². The van der Waals surface area contributed by atoms with Crippen LogP contribution in [0.5, 0.6) is 5.75 Å². The van der Waals surface area contributed by atoms with E-state index >= 15 is 0 Å². The second-order valence-corrected chi connectivity index (χ2v) is 7.37. The molecule has 170 valence electrons. The fourth-order valence-electron chi connectivity index (χ4n) is 3.56. The minimum absolute atomic E-state index is 0.0175. The molecular weight excluding hydrogens is 421 g/mol. The number of carbonyl (C=O) groups is 1. The number of benzene rings is 1. The van der Waals surface area contributed by atoms with Crippen molar-refractivity contribution in [1.82, 2.24) is 14.7 Å². The Bertz CT molecular complexity index is 1050. The number of fused-ring (bicyclic) bond motifs is 1. The Hall–Kier alpha value is -3.49. The van der Waals surface area contributed by atoms with Crippen molar-refractivity contribution >= 4 is 11.7 Å². The van der Waals surface area contributed by atoms with Crippen LogP contribution < -0.4 is 10.1 Å². The SMILES string of the molecule is C=C/C=C(\C=C/Cc1cccc(OC(F)(F)F)c1)Nc1nn(C)c2c1CN(C(C)=O)CC2. The Morgan fingerprint density at radius 2 is 2.16 bits per heavy atom. The maximum Gasteiger partial charge on any atom is 0.573 e. The van der Waals surface area contributed by atoms with Crippen LogP contribution in [0.2, 0.25) is 0 Å². The highest BCUT2D eigenvalue weighted by Crippen LogP contribution is 2.27. The summed E-state index contributed by atoms with van der Waals surface area (Å²) in [6.45, 7) is 6.43. The van der Waals surface area contributed by atoms with E-state index in [0.717, 1.165) is 17.7 Å². The van der Waals surface area contributed by atoms with Crippen molar-refractivity contribution in [2.45, 2.75) is 32.7 Å². The molecule has 0 fully saturated rings. The second-order valence-electron chi connectivity index (χ2n) is 7.37. The van der Waals surface area contributed by atoms with Crippen LogP contribution in [-0.2, 0) is 31.2 Å². The summed E-state index contributed by atoms with van der Waals surface area (Å²) in [6, 6.07) is 5.86. The molecule has 1 aliphatic rings. The summed E-state index contributed by atoms with van der Waals surface area (Å²) in [5.74, 6) is 0.425. The zero-order valence-corrected chi connectivity index (χ0v) is 17.9. The van der Waals surface area contributed by atoms with Gasteiger partial charge < -0.3 is 15.0 Å². The summed E-state index contributed by atoms with van der Waals surface area (Å²) in [6.07, 6.45) is 3.44. The number of amides is 1. The van der Waals surface area contributed by atoms with Crippen molar-refractivity contribution in [2.24, 2.45) is 7.05 Å². The molecule has 6 nitrogen and oxygen atoms in total. The van der Waals surface area contributed by atoms with Crippen molar-refractivity contribution < 1.29 is 22.7 Å². The normalized spacial score (nSPS) is 14.4. The lowest BCUT2D eigenvalue weighted by Gasteiger charge is -2.26. The maximum atomic E-state index is 12.4. The lowest BCUT2D eigenvalue weighted by atomic mass is 10.1. The van der Waals surface area contributed by atoms with E-state index in [9.17, 15) is 18.0 Å². The van der Waals surface area contributed by atoms with Gasteiger partial charge in [0.1, 0.15) is 5.75 Å². The zero-order chi connectivity index (χ0) is 23.3. The minimum atomic E-state index is -4.72. The van der Waals surface area contributed by atoms with Crippen molar-refractivity contribution in [3.8, 4) is 5.75 Å². The Morgan fingerprint density at radius 1 is 1.38 bits per heavy atom. The molecule has 2 aromatic rings. The van der Waals surface area contributed by atoms with E-state index < -0.39 is 6.36 Å². The smallest absolute Gasteiger partial charge is 0.406 e. The van der Waals surface area contributed by atoms with Crippen molar-refractivity contribution in [2.75, 3.05) is 11.9 Å². The van der Waals surface area contributed by atoms with Gasteiger partial charge in [0.15, 0.2) is 5.82 Å². The highest BCUT2D eigenvalue weighted by molar-refractivity contribution is 5.74. The van der Waals surface area contributed by atoms with Gasteiger partial charge in [-0.1, -0.05) is 30.9 Å². The number of alkyl halides is 3. The van der Waals surface area contributed by atoms with Crippen LogP contribution in [-0.4, -0.2) is 33.5 Å². The van der Waals surface area contributed by atoms with E-state index in [1.807, 2.05) is 23.9 Å². The molecule has 0 saturated heterocycles. The maximum absolute atomic E-state index is 12.4. The summed E-state index contributed by atoms with van der Waals surface area (Å²) in [5.41, 5.74) is 3.43. The van der Waals surface area contributed by atoms with Crippen LogP contribution >= 0.6 is 0 Å². The highest BCUT2D eigenvalue weighted by Gasteiger charge is 2.31. The fourth-order valence-corrected chi connectivity index (χ4v) is 3.56. The molecule has 0 atom stereocenters. The van der Waals surface area contributed by atoms with Gasteiger partial charge in [-0.2, -0.15) is 5.10 Å². The molecule has 3 rings (SSSR count). The first-order valence-electron chi connectivity index (χ1n) is 10.1. The Balaban J connectivity index is 1.72. The zero-order valence-electron chi connectivity index (χ0n) is 17.9. The Labute approximate surface area is 184 Å². The first kappa shape index (κ1) is 23.2. The molecule has 0 saturated carbocycles. The molecule has 32 heavy (non-hydrogen) atoms. The minimum Gasteiger partial charge on any atom is -0.406 e. The quantitative estimate of drug-likeness (QED) is 0.636. The van der Waals surface area contributed by atoms with Crippen molar-refractivity contribution in [3.05, 3.63) is 77.7 Å². The van der Waals surface area contributed by atoms with Crippen LogP contribution in [0, 0.1) is 0 Å². The Morgan fingerprint density at radius 3 is 2.84 bits per heavy atom. The topological polar surface area (TPSA) is 59.4 Å². The summed E-state index contributed by atoms with van der Waals surface area (Å²) >= 11 is 0.